The molecule has 17 heavy (non-hydrogen) atoms. The molecule has 0 saturated heterocycles. The van der Waals surface area contributed by atoms with Gasteiger partial charge in [-0.3, -0.25) is 4.79 Å². The minimum Gasteiger partial charge on any atom is -0.353 e. The van der Waals surface area contributed by atoms with E-state index in [1.165, 1.54) is 19.3 Å². The summed E-state index contributed by atoms with van der Waals surface area (Å²) in [6.45, 7) is 11.8. The topological polar surface area (TPSA) is 55.1 Å². The largest absolute Gasteiger partial charge is 0.353 e. The van der Waals surface area contributed by atoms with Crippen molar-refractivity contribution in [3.05, 3.63) is 0 Å². The Bertz CT molecular complexity index is 241. The highest BCUT2D eigenvalue weighted by atomic mass is 16.2. The smallest absolute Gasteiger partial charge is 0.227 e. The van der Waals surface area contributed by atoms with Crippen LogP contribution in [0.4, 0.5) is 0 Å². The zero-order valence-corrected chi connectivity index (χ0v) is 12.4. The zero-order chi connectivity index (χ0) is 13.7. The average Bonchev–Trinajstić information content (AvgIpc) is 2.16. The van der Waals surface area contributed by atoms with E-state index in [0.29, 0.717) is 0 Å². The van der Waals surface area contributed by atoms with Crippen molar-refractivity contribution < 1.29 is 4.79 Å². The van der Waals surface area contributed by atoms with E-state index in [9.17, 15) is 4.79 Å². The normalized spacial score (nSPS) is 14.5. The summed E-state index contributed by atoms with van der Waals surface area (Å²) in [5.41, 5.74) is 4.99. The quantitative estimate of drug-likeness (QED) is 0.674. The number of hydrogen-bond donors (Lipinski definition) is 2. The van der Waals surface area contributed by atoms with Crippen LogP contribution < -0.4 is 11.1 Å². The van der Waals surface area contributed by atoms with Crippen LogP contribution in [0, 0.1) is 5.41 Å². The molecule has 1 unspecified atom stereocenters. The molecule has 0 spiro atoms. The highest BCUT2D eigenvalue weighted by molar-refractivity contribution is 5.83. The summed E-state index contributed by atoms with van der Waals surface area (Å²) in [7, 11) is 0. The van der Waals surface area contributed by atoms with Crippen LogP contribution in [0.25, 0.3) is 0 Å². The summed E-state index contributed by atoms with van der Waals surface area (Å²) >= 11 is 0. The Morgan fingerprint density at radius 3 is 2.18 bits per heavy atom. The Hall–Kier alpha value is -0.570. The second-order valence-electron chi connectivity index (χ2n) is 6.22. The summed E-state index contributed by atoms with van der Waals surface area (Å²) in [6, 6.07) is 0.232. The van der Waals surface area contributed by atoms with Crippen LogP contribution in [-0.2, 0) is 4.79 Å². The zero-order valence-electron chi connectivity index (χ0n) is 12.4. The Morgan fingerprint density at radius 2 is 1.76 bits per heavy atom. The third-order valence-corrected chi connectivity index (χ3v) is 3.80. The lowest BCUT2D eigenvalue weighted by Crippen LogP contribution is -2.56. The first kappa shape index (κ1) is 16.4. The third-order valence-electron chi connectivity index (χ3n) is 3.80. The van der Waals surface area contributed by atoms with E-state index in [0.717, 1.165) is 6.42 Å². The number of rotatable bonds is 7. The van der Waals surface area contributed by atoms with Gasteiger partial charge in [-0.05, 0) is 41.0 Å². The molecule has 1 atom stereocenters. The first-order valence-corrected chi connectivity index (χ1v) is 6.72. The fourth-order valence-corrected chi connectivity index (χ4v) is 1.47. The molecule has 0 rings (SSSR count). The second kappa shape index (κ2) is 6.39. The predicted octanol–water partition coefficient (Wildman–Crippen LogP) is 2.83. The summed E-state index contributed by atoms with van der Waals surface area (Å²) in [4.78, 5) is 12.2. The summed E-state index contributed by atoms with van der Waals surface area (Å²) in [5, 5.41) is 3.07. The number of carbonyl (C=O) groups is 1. The Kier molecular flexibility index (Phi) is 6.17. The van der Waals surface area contributed by atoms with Gasteiger partial charge in [0.05, 0.1) is 5.41 Å². The van der Waals surface area contributed by atoms with E-state index in [1.807, 2.05) is 27.7 Å². The monoisotopic (exact) mass is 242 g/mol. The molecule has 0 aliphatic heterocycles. The van der Waals surface area contributed by atoms with Crippen molar-refractivity contribution in [2.75, 3.05) is 0 Å². The minimum atomic E-state index is -0.550. The van der Waals surface area contributed by atoms with Gasteiger partial charge in [-0.2, -0.15) is 0 Å². The molecule has 0 aliphatic rings. The molecule has 0 saturated carbocycles. The number of carbonyl (C=O) groups excluding carboxylic acids is 1. The van der Waals surface area contributed by atoms with Gasteiger partial charge in [0.25, 0.3) is 0 Å². The lowest BCUT2D eigenvalue weighted by molar-refractivity contribution is -0.132. The Balaban J connectivity index is 4.25. The molecule has 0 heterocycles. The van der Waals surface area contributed by atoms with Gasteiger partial charge in [0, 0.05) is 11.6 Å². The highest BCUT2D eigenvalue weighted by Crippen LogP contribution is 2.28. The van der Waals surface area contributed by atoms with E-state index in [1.54, 1.807) is 0 Å². The lowest BCUT2D eigenvalue weighted by Gasteiger charge is -2.37. The number of amides is 1. The van der Waals surface area contributed by atoms with E-state index >= 15 is 0 Å². The van der Waals surface area contributed by atoms with Gasteiger partial charge in [0.2, 0.25) is 5.91 Å². The van der Waals surface area contributed by atoms with E-state index in [2.05, 4.69) is 19.2 Å². The Labute approximate surface area is 107 Å². The van der Waals surface area contributed by atoms with E-state index in [-0.39, 0.29) is 11.9 Å². The van der Waals surface area contributed by atoms with Crippen molar-refractivity contribution in [2.45, 2.75) is 78.8 Å². The molecule has 1 amide bonds. The first-order chi connectivity index (χ1) is 7.63. The Morgan fingerprint density at radius 1 is 1.24 bits per heavy atom. The number of nitrogens with two attached hydrogens (primary N) is 1. The lowest BCUT2D eigenvalue weighted by atomic mass is 9.74. The van der Waals surface area contributed by atoms with Crippen LogP contribution in [0.5, 0.6) is 0 Å². The van der Waals surface area contributed by atoms with Gasteiger partial charge >= 0.3 is 0 Å². The molecule has 0 aromatic rings. The van der Waals surface area contributed by atoms with Crippen molar-refractivity contribution in [1.29, 1.82) is 0 Å². The maximum absolute atomic E-state index is 12.2. The van der Waals surface area contributed by atoms with Crippen LogP contribution in [0.15, 0.2) is 0 Å². The van der Waals surface area contributed by atoms with Gasteiger partial charge in [-0.1, -0.05) is 26.2 Å². The molecular weight excluding hydrogens is 212 g/mol. The molecule has 0 radical (unpaired) electrons. The second-order valence-corrected chi connectivity index (χ2v) is 6.22. The van der Waals surface area contributed by atoms with Gasteiger partial charge in [0.15, 0.2) is 0 Å². The van der Waals surface area contributed by atoms with Crippen LogP contribution in [0.3, 0.4) is 0 Å². The molecule has 0 aromatic heterocycles. The molecule has 0 aliphatic carbocycles. The van der Waals surface area contributed by atoms with Gasteiger partial charge in [0.1, 0.15) is 0 Å². The van der Waals surface area contributed by atoms with Crippen molar-refractivity contribution in [2.24, 2.45) is 11.1 Å². The van der Waals surface area contributed by atoms with Crippen LogP contribution in [-0.4, -0.2) is 17.5 Å². The maximum Gasteiger partial charge on any atom is 0.227 e. The summed E-state index contributed by atoms with van der Waals surface area (Å²) in [5.74, 6) is 0.0500. The fourth-order valence-electron chi connectivity index (χ4n) is 1.47. The molecule has 3 nitrogen and oxygen atoms in total. The third kappa shape index (κ3) is 5.07. The van der Waals surface area contributed by atoms with Crippen molar-refractivity contribution in [3.8, 4) is 0 Å². The molecule has 0 aromatic carbocycles. The fraction of sp³-hybridized carbons (Fsp3) is 0.929. The number of hydrogen-bond acceptors (Lipinski definition) is 2. The van der Waals surface area contributed by atoms with E-state index in [4.69, 9.17) is 5.73 Å². The van der Waals surface area contributed by atoms with Gasteiger partial charge in [-0.15, -0.1) is 0 Å². The van der Waals surface area contributed by atoms with Gasteiger partial charge < -0.3 is 11.1 Å². The van der Waals surface area contributed by atoms with Crippen molar-refractivity contribution >= 4 is 5.91 Å². The van der Waals surface area contributed by atoms with Crippen LogP contribution in [0.1, 0.15) is 67.2 Å². The van der Waals surface area contributed by atoms with Gasteiger partial charge in [-0.25, -0.2) is 0 Å². The van der Waals surface area contributed by atoms with Crippen molar-refractivity contribution in [1.82, 2.24) is 5.32 Å². The molecule has 3 heteroatoms. The van der Waals surface area contributed by atoms with Crippen LogP contribution in [0.2, 0.25) is 0 Å². The molecular formula is C14H30N2O. The molecule has 3 N–H and O–H groups in total. The molecule has 0 bridgehead atoms. The van der Waals surface area contributed by atoms with Crippen molar-refractivity contribution in [3.63, 3.8) is 0 Å². The highest BCUT2D eigenvalue weighted by Gasteiger charge is 2.40. The van der Waals surface area contributed by atoms with Crippen LogP contribution >= 0.6 is 0 Å². The predicted molar refractivity (Wildman–Crippen MR) is 73.8 cm³/mol. The molecule has 0 fully saturated rings. The number of unbranched alkanes of at least 4 members (excludes halogenated alkanes) is 2. The first-order valence-electron chi connectivity index (χ1n) is 6.72. The maximum atomic E-state index is 12.2. The standard InChI is InChI=1S/C14H30N2O/c1-7-8-9-10-11(2)16-12(17)13(3,4)14(5,6)15/h11H,7-10,15H2,1-6H3,(H,16,17). The summed E-state index contributed by atoms with van der Waals surface area (Å²) < 4.78 is 0. The average molecular weight is 242 g/mol. The summed E-state index contributed by atoms with van der Waals surface area (Å²) in [6.07, 6.45) is 4.65. The molecule has 102 valence electrons. The van der Waals surface area contributed by atoms with E-state index < -0.39 is 11.0 Å². The number of nitrogens with one attached hydrogen (secondary N) is 1. The SMILES string of the molecule is CCCCCC(C)NC(=O)C(C)(C)C(C)(C)N. The minimum absolute atomic E-state index is 0.0500.